The Morgan fingerprint density at radius 2 is 1.93 bits per heavy atom. The fraction of sp³-hybridized carbons (Fsp3) is 0.350. The Kier molecular flexibility index (Phi) is 6.56. The SMILES string of the molecule is COC(=O)c1cc(Oc2ncc(C(=O)N3CCC3)cc2Cl)cc(O[C@@H](C)CO)c1. The Labute approximate surface area is 173 Å². The van der Waals surface area contributed by atoms with E-state index in [0.29, 0.717) is 11.3 Å². The van der Waals surface area contributed by atoms with E-state index in [4.69, 9.17) is 25.8 Å². The Balaban J connectivity index is 1.85. The number of aliphatic hydroxyl groups excluding tert-OH is 1. The number of nitrogens with zero attached hydrogens (tertiary/aromatic N) is 2. The molecule has 1 fully saturated rings. The van der Waals surface area contributed by atoms with Gasteiger partial charge in [0.15, 0.2) is 0 Å². The van der Waals surface area contributed by atoms with Gasteiger partial charge < -0.3 is 24.2 Å². The molecule has 154 valence electrons. The molecule has 0 aliphatic carbocycles. The van der Waals surface area contributed by atoms with Crippen LogP contribution in [0.25, 0.3) is 0 Å². The van der Waals surface area contributed by atoms with Crippen molar-refractivity contribution in [3.8, 4) is 17.4 Å². The minimum absolute atomic E-state index is 0.0787. The number of aromatic nitrogens is 1. The van der Waals surface area contributed by atoms with E-state index < -0.39 is 12.1 Å². The third-order valence-electron chi connectivity index (χ3n) is 4.31. The highest BCUT2D eigenvalue weighted by atomic mass is 35.5. The number of carbonyl (C=O) groups excluding carboxylic acids is 2. The number of hydrogen-bond donors (Lipinski definition) is 1. The molecule has 0 bridgehead atoms. The van der Waals surface area contributed by atoms with Gasteiger partial charge in [-0.25, -0.2) is 9.78 Å². The summed E-state index contributed by atoms with van der Waals surface area (Å²) in [6, 6.07) is 5.98. The standard InChI is InChI=1S/C20H21ClN2O6/c1-12(11-24)28-15-6-13(20(26)27-2)7-16(9-15)29-18-17(21)8-14(10-22-18)19(25)23-4-3-5-23/h6-10,12,24H,3-5,11H2,1-2H3/t12-/m0/s1. The number of halogens is 1. The number of esters is 1. The van der Waals surface area contributed by atoms with Crippen LogP contribution in [0.15, 0.2) is 30.5 Å². The van der Waals surface area contributed by atoms with Gasteiger partial charge >= 0.3 is 5.97 Å². The number of pyridine rings is 1. The summed E-state index contributed by atoms with van der Waals surface area (Å²) < 4.78 is 16.0. The summed E-state index contributed by atoms with van der Waals surface area (Å²) in [5.41, 5.74) is 0.581. The van der Waals surface area contributed by atoms with Crippen LogP contribution in [-0.4, -0.2) is 59.8 Å². The van der Waals surface area contributed by atoms with E-state index in [2.05, 4.69) is 4.98 Å². The largest absolute Gasteiger partial charge is 0.488 e. The number of carbonyl (C=O) groups is 2. The van der Waals surface area contributed by atoms with Gasteiger partial charge in [-0.15, -0.1) is 0 Å². The number of aliphatic hydroxyl groups is 1. The first-order valence-corrected chi connectivity index (χ1v) is 9.42. The fourth-order valence-electron chi connectivity index (χ4n) is 2.63. The van der Waals surface area contributed by atoms with Crippen LogP contribution < -0.4 is 9.47 Å². The molecule has 1 N–H and O–H groups in total. The van der Waals surface area contributed by atoms with Crippen LogP contribution in [-0.2, 0) is 4.74 Å². The maximum Gasteiger partial charge on any atom is 0.338 e. The molecule has 1 amide bonds. The highest BCUT2D eigenvalue weighted by Crippen LogP contribution is 2.32. The molecule has 0 spiro atoms. The van der Waals surface area contributed by atoms with Crippen LogP contribution in [0.3, 0.4) is 0 Å². The molecule has 1 aromatic carbocycles. The summed E-state index contributed by atoms with van der Waals surface area (Å²) in [6.07, 6.45) is 1.91. The summed E-state index contributed by atoms with van der Waals surface area (Å²) in [4.78, 5) is 30.1. The van der Waals surface area contributed by atoms with Gasteiger partial charge in [0, 0.05) is 25.4 Å². The summed E-state index contributed by atoms with van der Waals surface area (Å²) >= 11 is 6.25. The monoisotopic (exact) mass is 420 g/mol. The zero-order valence-electron chi connectivity index (χ0n) is 16.1. The quantitative estimate of drug-likeness (QED) is 0.687. The van der Waals surface area contributed by atoms with Crippen LogP contribution in [0.4, 0.5) is 0 Å². The first-order valence-electron chi connectivity index (χ1n) is 9.05. The molecule has 2 aromatic rings. The first kappa shape index (κ1) is 20.9. The van der Waals surface area contributed by atoms with Crippen molar-refractivity contribution in [3.05, 3.63) is 46.6 Å². The van der Waals surface area contributed by atoms with Gasteiger partial charge in [0.2, 0.25) is 5.88 Å². The molecule has 1 saturated heterocycles. The lowest BCUT2D eigenvalue weighted by atomic mass is 10.1. The molecule has 1 aromatic heterocycles. The van der Waals surface area contributed by atoms with Crippen molar-refractivity contribution in [1.29, 1.82) is 0 Å². The second kappa shape index (κ2) is 9.11. The minimum Gasteiger partial charge on any atom is -0.488 e. The predicted octanol–water partition coefficient (Wildman–Crippen LogP) is 2.92. The third-order valence-corrected chi connectivity index (χ3v) is 4.58. The molecular weight excluding hydrogens is 400 g/mol. The van der Waals surface area contributed by atoms with Gasteiger partial charge in [0.25, 0.3) is 5.91 Å². The van der Waals surface area contributed by atoms with Crippen LogP contribution in [0, 0.1) is 0 Å². The Morgan fingerprint density at radius 3 is 2.52 bits per heavy atom. The molecule has 1 aliphatic heterocycles. The highest BCUT2D eigenvalue weighted by molar-refractivity contribution is 6.32. The number of hydrogen-bond acceptors (Lipinski definition) is 7. The molecule has 0 radical (unpaired) electrons. The van der Waals surface area contributed by atoms with Crippen LogP contribution in [0.1, 0.15) is 34.1 Å². The Hall–Kier alpha value is -2.84. The van der Waals surface area contributed by atoms with Gasteiger partial charge in [-0.2, -0.15) is 0 Å². The van der Waals surface area contributed by atoms with E-state index in [1.54, 1.807) is 11.8 Å². The zero-order valence-corrected chi connectivity index (χ0v) is 16.8. The Morgan fingerprint density at radius 1 is 1.21 bits per heavy atom. The van der Waals surface area contributed by atoms with Gasteiger partial charge in [-0.1, -0.05) is 11.6 Å². The van der Waals surface area contributed by atoms with Gasteiger partial charge in [0.1, 0.15) is 22.6 Å². The van der Waals surface area contributed by atoms with Crippen molar-refractivity contribution in [3.63, 3.8) is 0 Å². The number of methoxy groups -OCH3 is 1. The average Bonchev–Trinajstić information content (AvgIpc) is 2.67. The van der Waals surface area contributed by atoms with Crippen molar-refractivity contribution in [2.45, 2.75) is 19.4 Å². The first-order chi connectivity index (χ1) is 13.9. The second-order valence-corrected chi connectivity index (χ2v) is 6.96. The number of amides is 1. The molecule has 29 heavy (non-hydrogen) atoms. The lowest BCUT2D eigenvalue weighted by Gasteiger charge is -2.30. The van der Waals surface area contributed by atoms with Crippen LogP contribution >= 0.6 is 11.6 Å². The second-order valence-electron chi connectivity index (χ2n) is 6.55. The summed E-state index contributed by atoms with van der Waals surface area (Å²) in [5, 5.41) is 9.35. The number of benzene rings is 1. The summed E-state index contributed by atoms with van der Waals surface area (Å²) in [5.74, 6) is -0.0746. The van der Waals surface area contributed by atoms with Gasteiger partial charge in [-0.3, -0.25) is 4.79 Å². The molecule has 3 rings (SSSR count). The number of ether oxygens (including phenoxy) is 3. The van der Waals surface area contributed by atoms with Crippen LogP contribution in [0.2, 0.25) is 5.02 Å². The highest BCUT2D eigenvalue weighted by Gasteiger charge is 2.23. The third kappa shape index (κ3) is 4.96. The van der Waals surface area contributed by atoms with E-state index in [9.17, 15) is 14.7 Å². The number of rotatable bonds is 7. The maximum absolute atomic E-state index is 12.3. The van der Waals surface area contributed by atoms with Crippen molar-refractivity contribution >= 4 is 23.5 Å². The van der Waals surface area contributed by atoms with Crippen molar-refractivity contribution in [2.24, 2.45) is 0 Å². The molecule has 0 saturated carbocycles. The molecular formula is C20H21ClN2O6. The number of likely N-dealkylation sites (tertiary alicyclic amines) is 1. The molecule has 1 atom stereocenters. The molecule has 2 heterocycles. The Bertz CT molecular complexity index is 916. The van der Waals surface area contributed by atoms with E-state index in [0.717, 1.165) is 19.5 Å². The predicted molar refractivity (Wildman–Crippen MR) is 105 cm³/mol. The topological polar surface area (TPSA) is 98.2 Å². The van der Waals surface area contributed by atoms with Crippen LogP contribution in [0.5, 0.6) is 17.4 Å². The summed E-state index contributed by atoms with van der Waals surface area (Å²) in [7, 11) is 1.26. The van der Waals surface area contributed by atoms with E-state index in [-0.39, 0.29) is 34.7 Å². The smallest absolute Gasteiger partial charge is 0.338 e. The van der Waals surface area contributed by atoms with E-state index in [1.807, 2.05) is 0 Å². The fourth-order valence-corrected chi connectivity index (χ4v) is 2.84. The molecule has 8 nitrogen and oxygen atoms in total. The van der Waals surface area contributed by atoms with Crippen molar-refractivity contribution < 1.29 is 28.9 Å². The molecule has 0 unspecified atom stereocenters. The summed E-state index contributed by atoms with van der Waals surface area (Å²) in [6.45, 7) is 2.93. The lowest BCUT2D eigenvalue weighted by Crippen LogP contribution is -2.42. The van der Waals surface area contributed by atoms with E-state index >= 15 is 0 Å². The van der Waals surface area contributed by atoms with Crippen molar-refractivity contribution in [2.75, 3.05) is 26.8 Å². The average molecular weight is 421 g/mol. The van der Waals surface area contributed by atoms with Crippen molar-refractivity contribution in [1.82, 2.24) is 9.88 Å². The minimum atomic E-state index is -0.577. The van der Waals surface area contributed by atoms with Gasteiger partial charge in [-0.05, 0) is 31.5 Å². The molecule has 9 heteroatoms. The molecule has 1 aliphatic rings. The maximum atomic E-state index is 12.3. The van der Waals surface area contributed by atoms with E-state index in [1.165, 1.54) is 37.6 Å². The lowest BCUT2D eigenvalue weighted by molar-refractivity contribution is 0.0598. The normalized spacial score (nSPS) is 14.0. The zero-order chi connectivity index (χ0) is 21.0. The van der Waals surface area contributed by atoms with Gasteiger partial charge in [0.05, 0.1) is 24.8 Å².